The van der Waals surface area contributed by atoms with Gasteiger partial charge < -0.3 is 19.5 Å². The molecule has 1 aliphatic rings. The van der Waals surface area contributed by atoms with Gasteiger partial charge in [0, 0.05) is 13.0 Å². The predicted molar refractivity (Wildman–Crippen MR) is 90.4 cm³/mol. The van der Waals surface area contributed by atoms with E-state index in [2.05, 4.69) is 5.32 Å². The van der Waals surface area contributed by atoms with Crippen LogP contribution >= 0.6 is 0 Å². The van der Waals surface area contributed by atoms with E-state index in [0.29, 0.717) is 38.2 Å². The highest BCUT2D eigenvalue weighted by Crippen LogP contribution is 2.32. The van der Waals surface area contributed by atoms with Crippen LogP contribution in [-0.2, 0) is 11.2 Å². The van der Waals surface area contributed by atoms with Crippen molar-refractivity contribution >= 4 is 5.91 Å². The summed E-state index contributed by atoms with van der Waals surface area (Å²) >= 11 is 0. The van der Waals surface area contributed by atoms with Crippen LogP contribution in [0.25, 0.3) is 0 Å². The van der Waals surface area contributed by atoms with Crippen LogP contribution < -0.4 is 19.5 Å². The molecule has 1 N–H and O–H groups in total. The summed E-state index contributed by atoms with van der Waals surface area (Å²) in [6.07, 6.45) is 1.75. The zero-order chi connectivity index (χ0) is 17.5. The highest BCUT2D eigenvalue weighted by Gasteiger charge is 2.13. The van der Waals surface area contributed by atoms with Gasteiger partial charge in [0.2, 0.25) is 12.7 Å². The fourth-order valence-corrected chi connectivity index (χ4v) is 2.46. The van der Waals surface area contributed by atoms with Crippen LogP contribution in [0.4, 0.5) is 4.39 Å². The Hall–Kier alpha value is -2.76. The minimum absolute atomic E-state index is 0.000510. The summed E-state index contributed by atoms with van der Waals surface area (Å²) in [5.74, 6) is 1.81. The molecule has 2 aromatic rings. The van der Waals surface area contributed by atoms with Gasteiger partial charge in [0.25, 0.3) is 0 Å². The number of benzene rings is 2. The molecule has 5 nitrogen and oxygen atoms in total. The Labute approximate surface area is 145 Å². The normalized spacial score (nSPS) is 12.0. The Morgan fingerprint density at radius 1 is 1.12 bits per heavy atom. The molecular formula is C19H20FNO4. The van der Waals surface area contributed by atoms with Gasteiger partial charge >= 0.3 is 0 Å². The summed E-state index contributed by atoms with van der Waals surface area (Å²) in [4.78, 5) is 11.9. The van der Waals surface area contributed by atoms with Crippen molar-refractivity contribution in [3.05, 3.63) is 53.8 Å². The molecule has 0 unspecified atom stereocenters. The molecule has 0 spiro atoms. The number of hydrogen-bond acceptors (Lipinski definition) is 4. The zero-order valence-electron chi connectivity index (χ0n) is 13.8. The average molecular weight is 345 g/mol. The SMILES string of the molecule is O=C(CCc1ccc2c(c1)OCO2)NCCCOc1ccc(F)cc1. The first-order valence-electron chi connectivity index (χ1n) is 8.24. The second-order valence-electron chi connectivity index (χ2n) is 5.69. The van der Waals surface area contributed by atoms with E-state index in [0.717, 1.165) is 17.1 Å². The van der Waals surface area contributed by atoms with Gasteiger partial charge in [0.1, 0.15) is 11.6 Å². The van der Waals surface area contributed by atoms with E-state index in [4.69, 9.17) is 14.2 Å². The number of carbonyl (C=O) groups excluding carboxylic acids is 1. The molecule has 132 valence electrons. The van der Waals surface area contributed by atoms with Gasteiger partial charge in [-0.3, -0.25) is 4.79 Å². The summed E-state index contributed by atoms with van der Waals surface area (Å²) in [6, 6.07) is 11.6. The summed E-state index contributed by atoms with van der Waals surface area (Å²) in [5, 5.41) is 2.87. The van der Waals surface area contributed by atoms with Crippen LogP contribution in [0.3, 0.4) is 0 Å². The second-order valence-corrected chi connectivity index (χ2v) is 5.69. The number of carbonyl (C=O) groups is 1. The lowest BCUT2D eigenvalue weighted by atomic mass is 10.1. The van der Waals surface area contributed by atoms with E-state index in [-0.39, 0.29) is 18.5 Å². The smallest absolute Gasteiger partial charge is 0.231 e. The largest absolute Gasteiger partial charge is 0.494 e. The maximum Gasteiger partial charge on any atom is 0.231 e. The number of amides is 1. The Morgan fingerprint density at radius 3 is 2.76 bits per heavy atom. The van der Waals surface area contributed by atoms with Gasteiger partial charge in [0.05, 0.1) is 6.61 Å². The number of hydrogen-bond donors (Lipinski definition) is 1. The number of rotatable bonds is 8. The van der Waals surface area contributed by atoms with Crippen molar-refractivity contribution in [3.63, 3.8) is 0 Å². The fourth-order valence-electron chi connectivity index (χ4n) is 2.46. The van der Waals surface area contributed by atoms with Gasteiger partial charge in [-0.25, -0.2) is 4.39 Å². The number of nitrogens with one attached hydrogen (secondary N) is 1. The van der Waals surface area contributed by atoms with Crippen molar-refractivity contribution in [2.24, 2.45) is 0 Å². The van der Waals surface area contributed by atoms with E-state index >= 15 is 0 Å². The van der Waals surface area contributed by atoms with Crippen LogP contribution in [0.15, 0.2) is 42.5 Å². The first-order chi connectivity index (χ1) is 12.2. The predicted octanol–water partition coefficient (Wildman–Crippen LogP) is 3.07. The molecule has 1 heterocycles. The summed E-state index contributed by atoms with van der Waals surface area (Å²) in [5.41, 5.74) is 1.04. The molecule has 1 aliphatic heterocycles. The second kappa shape index (κ2) is 8.37. The van der Waals surface area contributed by atoms with Crippen molar-refractivity contribution in [1.29, 1.82) is 0 Å². The number of ether oxygens (including phenoxy) is 3. The van der Waals surface area contributed by atoms with E-state index in [1.807, 2.05) is 18.2 Å². The van der Waals surface area contributed by atoms with Crippen LogP contribution in [0.5, 0.6) is 17.2 Å². The van der Waals surface area contributed by atoms with Crippen molar-refractivity contribution in [1.82, 2.24) is 5.32 Å². The van der Waals surface area contributed by atoms with Crippen molar-refractivity contribution in [2.75, 3.05) is 19.9 Å². The van der Waals surface area contributed by atoms with E-state index in [1.54, 1.807) is 12.1 Å². The molecule has 0 bridgehead atoms. The van der Waals surface area contributed by atoms with Gasteiger partial charge in [-0.05, 0) is 54.8 Å². The first kappa shape index (κ1) is 17.1. The Morgan fingerprint density at radius 2 is 1.92 bits per heavy atom. The third-order valence-electron chi connectivity index (χ3n) is 3.80. The lowest BCUT2D eigenvalue weighted by molar-refractivity contribution is -0.121. The number of fused-ring (bicyclic) bond motifs is 1. The third kappa shape index (κ3) is 5.11. The highest BCUT2D eigenvalue weighted by atomic mass is 19.1. The topological polar surface area (TPSA) is 56.8 Å². The minimum Gasteiger partial charge on any atom is -0.494 e. The molecule has 25 heavy (non-hydrogen) atoms. The maximum atomic E-state index is 12.8. The standard InChI is InChI=1S/C19H20FNO4/c20-15-4-6-16(7-5-15)23-11-1-10-21-19(22)9-3-14-2-8-17-18(12-14)25-13-24-17/h2,4-8,12H,1,3,9-11,13H2,(H,21,22). The van der Waals surface area contributed by atoms with Crippen LogP contribution in [0.2, 0.25) is 0 Å². The van der Waals surface area contributed by atoms with Crippen LogP contribution in [0, 0.1) is 5.82 Å². The Bertz CT molecular complexity index is 718. The van der Waals surface area contributed by atoms with Crippen molar-refractivity contribution in [3.8, 4) is 17.2 Å². The molecule has 0 aromatic heterocycles. The Balaban J connectivity index is 1.30. The molecule has 0 aliphatic carbocycles. The summed E-state index contributed by atoms with van der Waals surface area (Å²) in [6.45, 7) is 1.26. The molecule has 1 amide bonds. The molecular weight excluding hydrogens is 325 g/mol. The molecule has 0 fully saturated rings. The van der Waals surface area contributed by atoms with Crippen LogP contribution in [-0.4, -0.2) is 25.9 Å². The number of halogens is 1. The molecule has 0 atom stereocenters. The molecule has 0 saturated carbocycles. The zero-order valence-corrected chi connectivity index (χ0v) is 13.8. The molecule has 0 saturated heterocycles. The van der Waals surface area contributed by atoms with Gasteiger partial charge in [-0.1, -0.05) is 6.07 Å². The number of aryl methyl sites for hydroxylation is 1. The van der Waals surface area contributed by atoms with E-state index in [1.165, 1.54) is 12.1 Å². The average Bonchev–Trinajstić information content (AvgIpc) is 3.09. The lowest BCUT2D eigenvalue weighted by Crippen LogP contribution is -2.25. The van der Waals surface area contributed by atoms with Crippen molar-refractivity contribution in [2.45, 2.75) is 19.3 Å². The molecule has 2 aromatic carbocycles. The fraction of sp³-hybridized carbons (Fsp3) is 0.316. The summed E-state index contributed by atoms with van der Waals surface area (Å²) in [7, 11) is 0. The maximum absolute atomic E-state index is 12.8. The third-order valence-corrected chi connectivity index (χ3v) is 3.80. The summed E-state index contributed by atoms with van der Waals surface area (Å²) < 4.78 is 28.8. The highest BCUT2D eigenvalue weighted by molar-refractivity contribution is 5.76. The van der Waals surface area contributed by atoms with Crippen molar-refractivity contribution < 1.29 is 23.4 Å². The van der Waals surface area contributed by atoms with E-state index in [9.17, 15) is 9.18 Å². The molecule has 6 heteroatoms. The quantitative estimate of drug-likeness (QED) is 0.747. The van der Waals surface area contributed by atoms with Gasteiger partial charge in [0.15, 0.2) is 11.5 Å². The minimum atomic E-state index is -0.290. The van der Waals surface area contributed by atoms with Gasteiger partial charge in [-0.2, -0.15) is 0 Å². The lowest BCUT2D eigenvalue weighted by Gasteiger charge is -2.08. The monoisotopic (exact) mass is 345 g/mol. The Kier molecular flexibility index (Phi) is 5.72. The van der Waals surface area contributed by atoms with Crippen LogP contribution in [0.1, 0.15) is 18.4 Å². The van der Waals surface area contributed by atoms with E-state index < -0.39 is 0 Å². The van der Waals surface area contributed by atoms with Gasteiger partial charge in [-0.15, -0.1) is 0 Å². The molecule has 3 rings (SSSR count). The first-order valence-corrected chi connectivity index (χ1v) is 8.24. The molecule has 0 radical (unpaired) electrons.